The summed E-state index contributed by atoms with van der Waals surface area (Å²) in [6.45, 7) is 0.365. The second-order valence-corrected chi connectivity index (χ2v) is 6.42. The zero-order chi connectivity index (χ0) is 18.3. The van der Waals surface area contributed by atoms with Crippen LogP contribution in [0.15, 0.2) is 66.7 Å². The number of amides is 1. The molecule has 1 aliphatic rings. The number of fused-ring (bicyclic) bond motifs is 3. The van der Waals surface area contributed by atoms with Crippen LogP contribution >= 0.6 is 0 Å². The molecule has 1 amide bonds. The predicted octanol–water partition coefficient (Wildman–Crippen LogP) is 4.31. The molecule has 0 unspecified atom stereocenters. The summed E-state index contributed by atoms with van der Waals surface area (Å²) in [7, 11) is 1.69. The minimum atomic E-state index is -0.306. The number of rotatable bonds is 3. The maximum atomic E-state index is 13.0. The van der Waals surface area contributed by atoms with Crippen molar-refractivity contribution < 1.29 is 14.0 Å². The van der Waals surface area contributed by atoms with Crippen LogP contribution in [0.3, 0.4) is 0 Å². The molecule has 0 heterocycles. The molecular weight excluding hydrogens is 329 g/mol. The smallest absolute Gasteiger partial charge is 0.253 e. The van der Waals surface area contributed by atoms with Crippen LogP contribution in [-0.2, 0) is 6.54 Å². The first-order valence-electron chi connectivity index (χ1n) is 8.32. The molecule has 0 atom stereocenters. The van der Waals surface area contributed by atoms with Gasteiger partial charge in [0.1, 0.15) is 5.82 Å². The Morgan fingerprint density at radius 1 is 0.885 bits per heavy atom. The fourth-order valence-corrected chi connectivity index (χ4v) is 3.32. The van der Waals surface area contributed by atoms with Crippen LogP contribution in [0.2, 0.25) is 0 Å². The van der Waals surface area contributed by atoms with E-state index in [0.717, 1.165) is 16.7 Å². The van der Waals surface area contributed by atoms with Crippen molar-refractivity contribution in [3.8, 4) is 11.1 Å². The Bertz CT molecular complexity index is 1020. The Kier molecular flexibility index (Phi) is 3.88. The molecule has 4 rings (SSSR count). The first kappa shape index (κ1) is 16.2. The van der Waals surface area contributed by atoms with Crippen LogP contribution in [0.1, 0.15) is 31.8 Å². The molecule has 0 N–H and O–H groups in total. The Morgan fingerprint density at radius 2 is 1.54 bits per heavy atom. The second-order valence-electron chi connectivity index (χ2n) is 6.42. The van der Waals surface area contributed by atoms with Crippen molar-refractivity contribution >= 4 is 11.7 Å². The van der Waals surface area contributed by atoms with Gasteiger partial charge in [-0.15, -0.1) is 0 Å². The highest BCUT2D eigenvalue weighted by Crippen LogP contribution is 2.36. The molecule has 0 aromatic heterocycles. The second kappa shape index (κ2) is 6.23. The van der Waals surface area contributed by atoms with Gasteiger partial charge >= 0.3 is 0 Å². The number of ketones is 1. The van der Waals surface area contributed by atoms with E-state index in [1.54, 1.807) is 42.3 Å². The van der Waals surface area contributed by atoms with Crippen molar-refractivity contribution in [3.05, 3.63) is 94.8 Å². The van der Waals surface area contributed by atoms with E-state index in [2.05, 4.69) is 0 Å². The summed E-state index contributed by atoms with van der Waals surface area (Å²) < 4.78 is 13.0. The van der Waals surface area contributed by atoms with Gasteiger partial charge in [-0.3, -0.25) is 9.59 Å². The molecule has 128 valence electrons. The lowest BCUT2D eigenvalue weighted by molar-refractivity contribution is 0.0785. The molecule has 0 spiro atoms. The molecule has 3 aromatic carbocycles. The van der Waals surface area contributed by atoms with Crippen LogP contribution < -0.4 is 0 Å². The summed E-state index contributed by atoms with van der Waals surface area (Å²) in [4.78, 5) is 26.9. The maximum Gasteiger partial charge on any atom is 0.253 e. The first-order valence-corrected chi connectivity index (χ1v) is 8.32. The van der Waals surface area contributed by atoms with E-state index >= 15 is 0 Å². The van der Waals surface area contributed by atoms with Gasteiger partial charge in [0.05, 0.1) is 0 Å². The molecule has 0 saturated heterocycles. The molecule has 26 heavy (non-hydrogen) atoms. The van der Waals surface area contributed by atoms with Crippen LogP contribution in [0.5, 0.6) is 0 Å². The number of carbonyl (C=O) groups is 2. The van der Waals surface area contributed by atoms with E-state index in [9.17, 15) is 14.0 Å². The molecule has 3 aromatic rings. The van der Waals surface area contributed by atoms with Crippen molar-refractivity contribution in [3.63, 3.8) is 0 Å². The predicted molar refractivity (Wildman–Crippen MR) is 97.5 cm³/mol. The van der Waals surface area contributed by atoms with Crippen LogP contribution in [0, 0.1) is 5.82 Å². The Labute approximate surface area is 150 Å². The Morgan fingerprint density at radius 3 is 2.27 bits per heavy atom. The zero-order valence-electron chi connectivity index (χ0n) is 14.2. The number of hydrogen-bond acceptors (Lipinski definition) is 2. The maximum absolute atomic E-state index is 13.0. The van der Waals surface area contributed by atoms with Gasteiger partial charge in [0, 0.05) is 30.3 Å². The van der Waals surface area contributed by atoms with Gasteiger partial charge in [0.25, 0.3) is 5.91 Å². The highest BCUT2D eigenvalue weighted by atomic mass is 19.1. The third-order valence-corrected chi connectivity index (χ3v) is 4.65. The van der Waals surface area contributed by atoms with Crippen molar-refractivity contribution in [2.24, 2.45) is 0 Å². The molecular formula is C22H16FNO2. The van der Waals surface area contributed by atoms with Gasteiger partial charge in [0.2, 0.25) is 0 Å². The summed E-state index contributed by atoms with van der Waals surface area (Å²) in [6.07, 6.45) is 0. The summed E-state index contributed by atoms with van der Waals surface area (Å²) in [6, 6.07) is 18.8. The highest BCUT2D eigenvalue weighted by Gasteiger charge is 2.27. The largest absolute Gasteiger partial charge is 0.337 e. The lowest BCUT2D eigenvalue weighted by atomic mass is 10.0. The number of carbonyl (C=O) groups excluding carboxylic acids is 2. The molecule has 3 nitrogen and oxygen atoms in total. The lowest BCUT2D eigenvalue weighted by Gasteiger charge is -2.18. The van der Waals surface area contributed by atoms with Gasteiger partial charge in [-0.25, -0.2) is 4.39 Å². The number of benzene rings is 3. The third-order valence-electron chi connectivity index (χ3n) is 4.65. The summed E-state index contributed by atoms with van der Waals surface area (Å²) in [5.41, 5.74) is 4.31. The summed E-state index contributed by atoms with van der Waals surface area (Å²) >= 11 is 0. The highest BCUT2D eigenvalue weighted by molar-refractivity contribution is 6.22. The third kappa shape index (κ3) is 2.69. The summed E-state index contributed by atoms with van der Waals surface area (Å²) in [5.74, 6) is -0.535. The standard InChI is InChI=1S/C22H16FNO2/c1-24(13-14-6-9-16(23)10-7-14)22(26)15-8-11-18-17-4-2-3-5-19(17)21(25)20(18)12-15/h2-12H,13H2,1H3. The van der Waals surface area contributed by atoms with Crippen LogP contribution in [0.4, 0.5) is 4.39 Å². The molecule has 0 fully saturated rings. The number of hydrogen-bond donors (Lipinski definition) is 0. The minimum Gasteiger partial charge on any atom is -0.337 e. The van der Waals surface area contributed by atoms with Crippen molar-refractivity contribution in [1.82, 2.24) is 4.90 Å². The molecule has 4 heteroatoms. The molecule has 0 bridgehead atoms. The summed E-state index contributed by atoms with van der Waals surface area (Å²) in [5, 5.41) is 0. The van der Waals surface area contributed by atoms with Crippen LogP contribution in [-0.4, -0.2) is 23.6 Å². The number of nitrogens with zero attached hydrogens (tertiary/aromatic N) is 1. The van der Waals surface area contributed by atoms with E-state index in [0.29, 0.717) is 23.2 Å². The zero-order valence-corrected chi connectivity index (χ0v) is 14.2. The fourth-order valence-electron chi connectivity index (χ4n) is 3.32. The monoisotopic (exact) mass is 345 g/mol. The van der Waals surface area contributed by atoms with Gasteiger partial charge in [-0.2, -0.15) is 0 Å². The Hall–Kier alpha value is -3.27. The first-order chi connectivity index (χ1) is 12.5. The van der Waals surface area contributed by atoms with Crippen LogP contribution in [0.25, 0.3) is 11.1 Å². The molecule has 1 aliphatic carbocycles. The van der Waals surface area contributed by atoms with Gasteiger partial charge in [-0.05, 0) is 41.0 Å². The van der Waals surface area contributed by atoms with E-state index in [4.69, 9.17) is 0 Å². The Balaban J connectivity index is 1.60. The van der Waals surface area contributed by atoms with E-state index in [1.807, 2.05) is 24.3 Å². The van der Waals surface area contributed by atoms with Gasteiger partial charge in [0.15, 0.2) is 5.78 Å². The van der Waals surface area contributed by atoms with Gasteiger partial charge < -0.3 is 4.90 Å². The molecule has 0 radical (unpaired) electrons. The number of halogens is 1. The minimum absolute atomic E-state index is 0.0496. The SMILES string of the molecule is CN(Cc1ccc(F)cc1)C(=O)c1ccc2c(c1)C(=O)c1ccccc1-2. The normalized spacial score (nSPS) is 11.8. The van der Waals surface area contributed by atoms with E-state index in [1.165, 1.54) is 12.1 Å². The van der Waals surface area contributed by atoms with Crippen molar-refractivity contribution in [2.45, 2.75) is 6.54 Å². The van der Waals surface area contributed by atoms with E-state index in [-0.39, 0.29) is 17.5 Å². The lowest BCUT2D eigenvalue weighted by Crippen LogP contribution is -2.26. The topological polar surface area (TPSA) is 37.4 Å². The fraction of sp³-hybridized carbons (Fsp3) is 0.0909. The van der Waals surface area contributed by atoms with E-state index < -0.39 is 0 Å². The molecule has 0 aliphatic heterocycles. The quantitative estimate of drug-likeness (QED) is 0.555. The van der Waals surface area contributed by atoms with Crippen molar-refractivity contribution in [2.75, 3.05) is 7.05 Å². The average molecular weight is 345 g/mol. The van der Waals surface area contributed by atoms with Crippen molar-refractivity contribution in [1.29, 1.82) is 0 Å². The molecule has 0 saturated carbocycles. The average Bonchev–Trinajstić information content (AvgIpc) is 2.95. The van der Waals surface area contributed by atoms with Gasteiger partial charge in [-0.1, -0.05) is 42.5 Å².